The van der Waals surface area contributed by atoms with Gasteiger partial charge in [-0.25, -0.2) is 0 Å². The summed E-state index contributed by atoms with van der Waals surface area (Å²) in [5, 5.41) is 0. The average molecular weight is 384 g/mol. The number of hydrogen-bond donors (Lipinski definition) is 0. The number of allylic oxidation sites excluding steroid dienone is 6. The standard InChI is InChI=1S/C25H41N3/c1-26-12-6-20(7-13-26)23-4-5-24(21-8-14-27(2)15-9-21)19-25(18-23)22-10-16-28(3)17-11-22/h4,18-22H,5-17H2,1-3H3. The Morgan fingerprint density at radius 2 is 1.00 bits per heavy atom. The van der Waals surface area contributed by atoms with E-state index in [1.165, 1.54) is 84.2 Å². The molecule has 3 saturated heterocycles. The third-order valence-electron chi connectivity index (χ3n) is 7.88. The molecule has 0 bridgehead atoms. The van der Waals surface area contributed by atoms with Gasteiger partial charge in [0.05, 0.1) is 0 Å². The Hall–Kier alpha value is -0.900. The Morgan fingerprint density at radius 1 is 0.571 bits per heavy atom. The molecule has 0 aromatic carbocycles. The third-order valence-corrected chi connectivity index (χ3v) is 7.88. The Bertz CT molecular complexity index is 608. The van der Waals surface area contributed by atoms with Crippen LogP contribution in [0.1, 0.15) is 44.9 Å². The largest absolute Gasteiger partial charge is 0.306 e. The van der Waals surface area contributed by atoms with E-state index in [4.69, 9.17) is 0 Å². The summed E-state index contributed by atoms with van der Waals surface area (Å²) in [7, 11) is 6.83. The molecule has 3 heterocycles. The lowest BCUT2D eigenvalue weighted by atomic mass is 9.83. The van der Waals surface area contributed by atoms with Crippen molar-refractivity contribution in [2.24, 2.45) is 17.8 Å². The van der Waals surface area contributed by atoms with Crippen molar-refractivity contribution in [1.82, 2.24) is 14.7 Å². The normalized spacial score (nSPS) is 28.6. The van der Waals surface area contributed by atoms with Gasteiger partial charge in [0.1, 0.15) is 0 Å². The van der Waals surface area contributed by atoms with Gasteiger partial charge in [-0.1, -0.05) is 23.8 Å². The highest BCUT2D eigenvalue weighted by molar-refractivity contribution is 5.40. The lowest BCUT2D eigenvalue weighted by Crippen LogP contribution is -2.32. The minimum atomic E-state index is 0.769. The van der Waals surface area contributed by atoms with Crippen LogP contribution in [-0.2, 0) is 0 Å². The molecule has 3 aliphatic heterocycles. The quantitative estimate of drug-likeness (QED) is 0.723. The highest BCUT2D eigenvalue weighted by Gasteiger charge is 2.27. The maximum absolute atomic E-state index is 2.67. The third kappa shape index (κ3) is 4.98. The lowest BCUT2D eigenvalue weighted by molar-refractivity contribution is 0.235. The molecule has 0 atom stereocenters. The molecule has 0 saturated carbocycles. The summed E-state index contributed by atoms with van der Waals surface area (Å²) >= 11 is 0. The minimum absolute atomic E-state index is 0.769. The van der Waals surface area contributed by atoms with Gasteiger partial charge in [0.25, 0.3) is 0 Å². The fourth-order valence-electron chi connectivity index (χ4n) is 5.67. The summed E-state index contributed by atoms with van der Waals surface area (Å²) in [6.45, 7) is 7.56. The van der Waals surface area contributed by atoms with Gasteiger partial charge in [-0.2, -0.15) is 0 Å². The summed E-state index contributed by atoms with van der Waals surface area (Å²) in [5.41, 5.74) is 5.08. The molecule has 1 aliphatic carbocycles. The van der Waals surface area contributed by atoms with E-state index in [1.54, 1.807) is 16.7 Å². The van der Waals surface area contributed by atoms with Crippen LogP contribution in [0.25, 0.3) is 0 Å². The van der Waals surface area contributed by atoms with Crippen molar-refractivity contribution in [2.45, 2.75) is 44.9 Å². The van der Waals surface area contributed by atoms with Crippen LogP contribution in [-0.4, -0.2) is 75.1 Å². The number of hydrogen-bond acceptors (Lipinski definition) is 3. The second-order valence-corrected chi connectivity index (χ2v) is 10.0. The van der Waals surface area contributed by atoms with Crippen molar-refractivity contribution in [3.8, 4) is 0 Å². The molecule has 0 N–H and O–H groups in total. The molecule has 0 spiro atoms. The Kier molecular flexibility index (Phi) is 6.75. The van der Waals surface area contributed by atoms with Crippen LogP contribution >= 0.6 is 0 Å². The van der Waals surface area contributed by atoms with E-state index >= 15 is 0 Å². The first kappa shape index (κ1) is 20.4. The van der Waals surface area contributed by atoms with Gasteiger partial charge >= 0.3 is 0 Å². The SMILES string of the molecule is CN1CCC(C2=CCC(C3CCN(C)CC3)=CC(C3CCN(C)CC3)=C2)CC1. The molecule has 156 valence electrons. The van der Waals surface area contributed by atoms with Crippen LogP contribution in [0.2, 0.25) is 0 Å². The van der Waals surface area contributed by atoms with Crippen LogP contribution in [0.3, 0.4) is 0 Å². The number of likely N-dealkylation sites (tertiary alicyclic amines) is 3. The molecule has 0 unspecified atom stereocenters. The van der Waals surface area contributed by atoms with Crippen LogP contribution in [0.15, 0.2) is 34.9 Å². The Balaban J connectivity index is 1.55. The van der Waals surface area contributed by atoms with Crippen LogP contribution < -0.4 is 0 Å². The van der Waals surface area contributed by atoms with E-state index in [0.29, 0.717) is 0 Å². The zero-order chi connectivity index (χ0) is 19.5. The number of piperidine rings is 3. The molecule has 28 heavy (non-hydrogen) atoms. The van der Waals surface area contributed by atoms with Crippen molar-refractivity contribution in [3.05, 3.63) is 34.9 Å². The molecule has 0 amide bonds. The fourth-order valence-corrected chi connectivity index (χ4v) is 5.67. The van der Waals surface area contributed by atoms with Crippen LogP contribution in [0.4, 0.5) is 0 Å². The van der Waals surface area contributed by atoms with E-state index in [0.717, 1.165) is 17.8 Å². The first-order valence-corrected chi connectivity index (χ1v) is 11.8. The van der Waals surface area contributed by atoms with Gasteiger partial charge in [-0.15, -0.1) is 0 Å². The van der Waals surface area contributed by atoms with E-state index in [9.17, 15) is 0 Å². The first-order chi connectivity index (χ1) is 13.6. The second kappa shape index (κ2) is 9.28. The van der Waals surface area contributed by atoms with Crippen LogP contribution in [0, 0.1) is 17.8 Å². The van der Waals surface area contributed by atoms with Crippen molar-refractivity contribution >= 4 is 0 Å². The predicted molar refractivity (Wildman–Crippen MR) is 120 cm³/mol. The van der Waals surface area contributed by atoms with Crippen LogP contribution in [0.5, 0.6) is 0 Å². The van der Waals surface area contributed by atoms with Gasteiger partial charge in [0.2, 0.25) is 0 Å². The molecule has 3 heteroatoms. The Labute approximate surface area is 173 Å². The number of rotatable bonds is 3. The van der Waals surface area contributed by atoms with Gasteiger partial charge in [0, 0.05) is 0 Å². The molecular weight excluding hydrogens is 342 g/mol. The second-order valence-electron chi connectivity index (χ2n) is 10.0. The van der Waals surface area contributed by atoms with E-state index < -0.39 is 0 Å². The van der Waals surface area contributed by atoms with Gasteiger partial charge in [0.15, 0.2) is 0 Å². The molecule has 0 aromatic rings. The minimum Gasteiger partial charge on any atom is -0.306 e. The Morgan fingerprint density at radius 3 is 1.50 bits per heavy atom. The monoisotopic (exact) mass is 383 g/mol. The molecule has 0 aromatic heterocycles. The molecule has 4 rings (SSSR count). The maximum atomic E-state index is 2.67. The molecular formula is C25H41N3. The first-order valence-electron chi connectivity index (χ1n) is 11.8. The average Bonchev–Trinajstić information content (AvgIpc) is 2.93. The van der Waals surface area contributed by atoms with E-state index in [-0.39, 0.29) is 0 Å². The molecule has 3 fully saturated rings. The molecule has 3 nitrogen and oxygen atoms in total. The smallest absolute Gasteiger partial charge is 0.00159 e. The highest BCUT2D eigenvalue weighted by atomic mass is 15.1. The summed E-state index contributed by atoms with van der Waals surface area (Å²) in [6.07, 6.45) is 17.2. The molecule has 4 aliphatic rings. The van der Waals surface area contributed by atoms with E-state index in [2.05, 4.69) is 54.1 Å². The summed E-state index contributed by atoms with van der Waals surface area (Å²) in [6, 6.07) is 0. The van der Waals surface area contributed by atoms with Gasteiger partial charge < -0.3 is 14.7 Å². The van der Waals surface area contributed by atoms with Crippen molar-refractivity contribution in [3.63, 3.8) is 0 Å². The topological polar surface area (TPSA) is 9.72 Å². The van der Waals surface area contributed by atoms with Gasteiger partial charge in [-0.05, 0) is 134 Å². The zero-order valence-electron chi connectivity index (χ0n) is 18.5. The summed E-state index contributed by atoms with van der Waals surface area (Å²) in [5.74, 6) is 2.35. The van der Waals surface area contributed by atoms with E-state index in [1.807, 2.05) is 0 Å². The fraction of sp³-hybridized carbons (Fsp3) is 0.760. The lowest BCUT2D eigenvalue weighted by Gasteiger charge is -2.32. The van der Waals surface area contributed by atoms with Crippen molar-refractivity contribution in [2.75, 3.05) is 60.4 Å². The zero-order valence-corrected chi connectivity index (χ0v) is 18.5. The van der Waals surface area contributed by atoms with Gasteiger partial charge in [-0.3, -0.25) is 0 Å². The van der Waals surface area contributed by atoms with Crippen molar-refractivity contribution in [1.29, 1.82) is 0 Å². The molecule has 0 radical (unpaired) electrons. The summed E-state index contributed by atoms with van der Waals surface area (Å²) in [4.78, 5) is 7.50. The highest BCUT2D eigenvalue weighted by Crippen LogP contribution is 2.37. The maximum Gasteiger partial charge on any atom is -0.00159 e. The van der Waals surface area contributed by atoms with Crippen molar-refractivity contribution < 1.29 is 0 Å². The number of nitrogens with zero attached hydrogens (tertiary/aromatic N) is 3. The summed E-state index contributed by atoms with van der Waals surface area (Å²) < 4.78 is 0. The predicted octanol–water partition coefficient (Wildman–Crippen LogP) is 4.19.